The number of nitrogens with zero attached hydrogens (tertiary/aromatic N) is 1. The van der Waals surface area contributed by atoms with Gasteiger partial charge in [-0.1, -0.05) is 6.07 Å². The Kier molecular flexibility index (Phi) is 2.84. The number of rotatable bonds is 3. The molecule has 0 N–H and O–H groups in total. The van der Waals surface area contributed by atoms with E-state index in [1.165, 1.54) is 6.07 Å². The van der Waals surface area contributed by atoms with Crippen LogP contribution in [0.2, 0.25) is 0 Å². The van der Waals surface area contributed by atoms with Gasteiger partial charge in [-0.15, -0.1) is 0 Å². The van der Waals surface area contributed by atoms with Crippen molar-refractivity contribution < 1.29 is 9.66 Å². The van der Waals surface area contributed by atoms with Gasteiger partial charge in [0.2, 0.25) is 0 Å². The molecule has 0 saturated carbocycles. The van der Waals surface area contributed by atoms with Crippen LogP contribution in [0.15, 0.2) is 18.2 Å². The molecule has 0 bridgehead atoms. The molecule has 0 spiro atoms. The zero-order chi connectivity index (χ0) is 9.84. The molecule has 4 nitrogen and oxygen atoms in total. The number of ether oxygens (including phenoxy) is 1. The molecule has 0 atom stereocenters. The van der Waals surface area contributed by atoms with Crippen molar-refractivity contribution >= 4 is 5.69 Å². The molecule has 0 amide bonds. The van der Waals surface area contributed by atoms with Gasteiger partial charge in [-0.2, -0.15) is 0 Å². The van der Waals surface area contributed by atoms with E-state index in [0.29, 0.717) is 0 Å². The van der Waals surface area contributed by atoms with Gasteiger partial charge in [-0.05, 0) is 26.0 Å². The summed E-state index contributed by atoms with van der Waals surface area (Å²) in [4.78, 5) is 10.00. The average Bonchev–Trinajstić information content (AvgIpc) is 2.03. The number of hydrogen-bond donors (Lipinski definition) is 0. The van der Waals surface area contributed by atoms with Crippen LogP contribution in [-0.2, 0) is 0 Å². The first kappa shape index (κ1) is 9.51. The molecule has 0 aliphatic heterocycles. The van der Waals surface area contributed by atoms with E-state index < -0.39 is 4.92 Å². The Balaban J connectivity index is 2.98. The van der Waals surface area contributed by atoms with Crippen LogP contribution in [0, 0.1) is 16.2 Å². The second-order valence-corrected chi connectivity index (χ2v) is 2.81. The summed E-state index contributed by atoms with van der Waals surface area (Å²) in [7, 11) is 0. The highest BCUT2D eigenvalue weighted by Crippen LogP contribution is 2.25. The van der Waals surface area contributed by atoms with Crippen molar-refractivity contribution in [3.8, 4) is 5.75 Å². The van der Waals surface area contributed by atoms with Crippen molar-refractivity contribution in [2.24, 2.45) is 0 Å². The predicted molar refractivity (Wildman–Crippen MR) is 47.7 cm³/mol. The molecule has 0 heterocycles. The SMILES string of the molecule is CC(C)Oc1ccc[c]c1[N+](=O)[O-]. The van der Waals surface area contributed by atoms with Gasteiger partial charge in [0.25, 0.3) is 0 Å². The molecule has 0 unspecified atom stereocenters. The van der Waals surface area contributed by atoms with Crippen molar-refractivity contribution in [2.45, 2.75) is 20.0 Å². The number of benzene rings is 1. The highest BCUT2D eigenvalue weighted by molar-refractivity contribution is 5.44. The second kappa shape index (κ2) is 3.89. The Bertz CT molecular complexity index is 309. The lowest BCUT2D eigenvalue weighted by Crippen LogP contribution is -2.07. The van der Waals surface area contributed by atoms with Gasteiger partial charge >= 0.3 is 5.69 Å². The Morgan fingerprint density at radius 2 is 2.31 bits per heavy atom. The molecule has 1 aromatic rings. The van der Waals surface area contributed by atoms with Crippen LogP contribution < -0.4 is 4.74 Å². The van der Waals surface area contributed by atoms with E-state index in [4.69, 9.17) is 4.74 Å². The molecule has 0 fully saturated rings. The van der Waals surface area contributed by atoms with Crippen LogP contribution in [0.25, 0.3) is 0 Å². The number of nitro benzene ring substituents is 1. The summed E-state index contributed by atoms with van der Waals surface area (Å²) in [6.45, 7) is 3.63. The quantitative estimate of drug-likeness (QED) is 0.529. The minimum atomic E-state index is -0.502. The molecule has 4 heteroatoms. The molecule has 1 rings (SSSR count). The van der Waals surface area contributed by atoms with Gasteiger partial charge in [-0.3, -0.25) is 10.1 Å². The van der Waals surface area contributed by atoms with E-state index in [1.807, 2.05) is 13.8 Å². The highest BCUT2D eigenvalue weighted by Gasteiger charge is 2.14. The largest absolute Gasteiger partial charge is 0.484 e. The fourth-order valence-corrected chi connectivity index (χ4v) is 0.904. The van der Waals surface area contributed by atoms with Crippen molar-refractivity contribution in [3.63, 3.8) is 0 Å². The lowest BCUT2D eigenvalue weighted by atomic mass is 10.3. The monoisotopic (exact) mass is 180 g/mol. The van der Waals surface area contributed by atoms with Gasteiger partial charge in [0.05, 0.1) is 17.1 Å². The summed E-state index contributed by atoms with van der Waals surface area (Å²) in [6, 6.07) is 7.23. The zero-order valence-corrected chi connectivity index (χ0v) is 7.48. The maximum Gasteiger partial charge on any atom is 0.318 e. The maximum absolute atomic E-state index is 10.5. The average molecular weight is 180 g/mol. The third-order valence-electron chi connectivity index (χ3n) is 1.34. The normalized spacial score (nSPS) is 10.1. The van der Waals surface area contributed by atoms with E-state index in [0.717, 1.165) is 0 Å². The molecule has 13 heavy (non-hydrogen) atoms. The summed E-state index contributed by atoms with van der Waals surface area (Å²) in [5.41, 5.74) is -0.115. The number of hydrogen-bond acceptors (Lipinski definition) is 3. The first-order valence-electron chi connectivity index (χ1n) is 3.93. The van der Waals surface area contributed by atoms with E-state index in [2.05, 4.69) is 6.07 Å². The van der Waals surface area contributed by atoms with Crippen LogP contribution in [0.4, 0.5) is 5.69 Å². The van der Waals surface area contributed by atoms with E-state index in [-0.39, 0.29) is 17.5 Å². The fourth-order valence-electron chi connectivity index (χ4n) is 0.904. The van der Waals surface area contributed by atoms with Crippen molar-refractivity contribution in [2.75, 3.05) is 0 Å². The summed E-state index contributed by atoms with van der Waals surface area (Å²) < 4.78 is 5.23. The maximum atomic E-state index is 10.5. The molecule has 0 aromatic heterocycles. The minimum absolute atomic E-state index is 0.0745. The molecule has 0 saturated heterocycles. The van der Waals surface area contributed by atoms with Gasteiger partial charge < -0.3 is 4.74 Å². The topological polar surface area (TPSA) is 52.4 Å². The molecular weight excluding hydrogens is 170 g/mol. The molecular formula is C9H10NO3. The van der Waals surface area contributed by atoms with Crippen LogP contribution in [0.3, 0.4) is 0 Å². The summed E-state index contributed by atoms with van der Waals surface area (Å²) in [5.74, 6) is 0.266. The first-order valence-corrected chi connectivity index (χ1v) is 3.93. The summed E-state index contributed by atoms with van der Waals surface area (Å²) in [6.07, 6.45) is -0.0745. The summed E-state index contributed by atoms with van der Waals surface area (Å²) >= 11 is 0. The first-order chi connectivity index (χ1) is 6.11. The standard InChI is InChI=1S/C9H10NO3/c1-7(2)13-9-6-4-3-5-8(9)10(11)12/h3-4,6-7H,1-2H3. The molecule has 1 radical (unpaired) electrons. The van der Waals surface area contributed by atoms with Crippen LogP contribution in [0.5, 0.6) is 5.75 Å². The van der Waals surface area contributed by atoms with Gasteiger partial charge in [0.1, 0.15) is 0 Å². The van der Waals surface area contributed by atoms with Crippen molar-refractivity contribution in [1.29, 1.82) is 0 Å². The van der Waals surface area contributed by atoms with E-state index in [9.17, 15) is 10.1 Å². The van der Waals surface area contributed by atoms with E-state index in [1.54, 1.807) is 12.1 Å². The summed E-state index contributed by atoms with van der Waals surface area (Å²) in [5, 5.41) is 10.5. The van der Waals surface area contributed by atoms with Crippen molar-refractivity contribution in [3.05, 3.63) is 34.4 Å². The van der Waals surface area contributed by atoms with Gasteiger partial charge in [-0.25, -0.2) is 0 Å². The van der Waals surface area contributed by atoms with Gasteiger partial charge in [0, 0.05) is 0 Å². The van der Waals surface area contributed by atoms with Crippen LogP contribution in [0.1, 0.15) is 13.8 Å². The highest BCUT2D eigenvalue weighted by atomic mass is 16.6. The van der Waals surface area contributed by atoms with Crippen LogP contribution in [-0.4, -0.2) is 11.0 Å². The van der Waals surface area contributed by atoms with Gasteiger partial charge in [0.15, 0.2) is 5.75 Å². The third-order valence-corrected chi connectivity index (χ3v) is 1.34. The lowest BCUT2D eigenvalue weighted by molar-refractivity contribution is -0.386. The number of para-hydroxylation sites is 1. The number of nitro groups is 1. The predicted octanol–water partition coefficient (Wildman–Crippen LogP) is 2.18. The molecule has 0 aliphatic rings. The Labute approximate surface area is 76.3 Å². The Morgan fingerprint density at radius 3 is 2.85 bits per heavy atom. The lowest BCUT2D eigenvalue weighted by Gasteiger charge is -2.08. The minimum Gasteiger partial charge on any atom is -0.484 e. The Morgan fingerprint density at radius 1 is 1.62 bits per heavy atom. The zero-order valence-electron chi connectivity index (χ0n) is 7.48. The second-order valence-electron chi connectivity index (χ2n) is 2.81. The third kappa shape index (κ3) is 2.43. The smallest absolute Gasteiger partial charge is 0.318 e. The molecule has 69 valence electrons. The molecule has 1 aromatic carbocycles. The van der Waals surface area contributed by atoms with Crippen molar-refractivity contribution in [1.82, 2.24) is 0 Å². The Hall–Kier alpha value is -1.58. The van der Waals surface area contributed by atoms with E-state index >= 15 is 0 Å². The molecule has 0 aliphatic carbocycles. The fraction of sp³-hybridized carbons (Fsp3) is 0.333. The van der Waals surface area contributed by atoms with Crippen LogP contribution >= 0.6 is 0 Å².